The van der Waals surface area contributed by atoms with E-state index in [0.717, 1.165) is 11.3 Å². The summed E-state index contributed by atoms with van der Waals surface area (Å²) in [6, 6.07) is 9.77. The van der Waals surface area contributed by atoms with Gasteiger partial charge in [0.25, 0.3) is 0 Å². The molecule has 0 amide bonds. The van der Waals surface area contributed by atoms with Crippen LogP contribution >= 0.6 is 0 Å². The second kappa shape index (κ2) is 5.86. The Hall–Kier alpha value is -1.77. The van der Waals surface area contributed by atoms with Gasteiger partial charge in [-0.25, -0.2) is 0 Å². The molecule has 15 heavy (non-hydrogen) atoms. The number of hydrogen-bond donors (Lipinski definition) is 1. The van der Waals surface area contributed by atoms with Gasteiger partial charge < -0.3 is 10.1 Å². The van der Waals surface area contributed by atoms with Crippen molar-refractivity contribution >= 4 is 11.7 Å². The minimum Gasteiger partial charge on any atom is -0.469 e. The zero-order valence-electron chi connectivity index (χ0n) is 8.82. The maximum atomic E-state index is 10.8. The Morgan fingerprint density at radius 1 is 1.40 bits per heavy atom. The summed E-state index contributed by atoms with van der Waals surface area (Å²) in [5.74, 6) is -0.219. The molecule has 0 fully saturated rings. The molecule has 1 aromatic rings. The molecule has 0 unspecified atom stereocenters. The van der Waals surface area contributed by atoms with Crippen LogP contribution in [0.4, 0.5) is 0 Å². The number of esters is 1. The topological polar surface area (TPSA) is 38.3 Å². The van der Waals surface area contributed by atoms with Crippen molar-refractivity contribution in [2.24, 2.45) is 0 Å². The van der Waals surface area contributed by atoms with Gasteiger partial charge in [-0.3, -0.25) is 4.79 Å². The molecule has 0 heterocycles. The molecule has 0 aliphatic heterocycles. The second-order valence-corrected chi connectivity index (χ2v) is 3.10. The van der Waals surface area contributed by atoms with Crippen LogP contribution in [0.2, 0.25) is 0 Å². The third-order valence-electron chi connectivity index (χ3n) is 2.02. The van der Waals surface area contributed by atoms with Crippen LogP contribution in [-0.2, 0) is 9.53 Å². The summed E-state index contributed by atoms with van der Waals surface area (Å²) in [6.07, 6.45) is 0.350. The number of ether oxygens (including phenoxy) is 1. The van der Waals surface area contributed by atoms with Gasteiger partial charge in [0.05, 0.1) is 13.5 Å². The van der Waals surface area contributed by atoms with Crippen LogP contribution in [0.1, 0.15) is 12.0 Å². The summed E-state index contributed by atoms with van der Waals surface area (Å²) in [6.45, 7) is 4.43. The average molecular weight is 205 g/mol. The largest absolute Gasteiger partial charge is 0.469 e. The van der Waals surface area contributed by atoms with Crippen LogP contribution < -0.4 is 5.32 Å². The highest BCUT2D eigenvalue weighted by Crippen LogP contribution is 2.07. The lowest BCUT2D eigenvalue weighted by atomic mass is 10.2. The van der Waals surface area contributed by atoms with Crippen LogP contribution in [0.25, 0.3) is 5.70 Å². The SMILES string of the molecule is C=C(NCCC(=O)OC)c1ccccc1. The minimum absolute atomic E-state index is 0.219. The van der Waals surface area contributed by atoms with Crippen molar-refractivity contribution in [2.45, 2.75) is 6.42 Å². The van der Waals surface area contributed by atoms with E-state index in [-0.39, 0.29) is 5.97 Å². The Balaban J connectivity index is 2.34. The quantitative estimate of drug-likeness (QED) is 0.745. The zero-order valence-corrected chi connectivity index (χ0v) is 8.82. The van der Waals surface area contributed by atoms with E-state index in [0.29, 0.717) is 13.0 Å². The average Bonchev–Trinajstić information content (AvgIpc) is 2.29. The fourth-order valence-electron chi connectivity index (χ4n) is 1.16. The van der Waals surface area contributed by atoms with Gasteiger partial charge in [-0.05, 0) is 5.56 Å². The Morgan fingerprint density at radius 3 is 2.67 bits per heavy atom. The summed E-state index contributed by atoms with van der Waals surface area (Å²) in [5, 5.41) is 3.07. The van der Waals surface area contributed by atoms with Gasteiger partial charge in [0.15, 0.2) is 0 Å². The highest BCUT2D eigenvalue weighted by Gasteiger charge is 2.00. The molecule has 0 aliphatic carbocycles. The molecule has 0 aliphatic rings. The molecule has 1 aromatic carbocycles. The first-order valence-corrected chi connectivity index (χ1v) is 4.79. The van der Waals surface area contributed by atoms with Gasteiger partial charge >= 0.3 is 5.97 Å². The molecule has 0 spiro atoms. The van der Waals surface area contributed by atoms with Gasteiger partial charge in [0, 0.05) is 12.2 Å². The molecule has 3 nitrogen and oxygen atoms in total. The molecule has 0 saturated heterocycles. The van der Waals surface area contributed by atoms with Crippen molar-refractivity contribution in [2.75, 3.05) is 13.7 Å². The number of benzene rings is 1. The number of rotatable bonds is 5. The number of methoxy groups -OCH3 is 1. The lowest BCUT2D eigenvalue weighted by Crippen LogP contribution is -2.17. The molecular formula is C12H15NO2. The smallest absolute Gasteiger partial charge is 0.307 e. The van der Waals surface area contributed by atoms with Crippen LogP contribution in [0.3, 0.4) is 0 Å². The van der Waals surface area contributed by atoms with E-state index in [1.54, 1.807) is 0 Å². The van der Waals surface area contributed by atoms with E-state index < -0.39 is 0 Å². The predicted molar refractivity (Wildman–Crippen MR) is 60.1 cm³/mol. The van der Waals surface area contributed by atoms with Crippen LogP contribution in [0.15, 0.2) is 36.9 Å². The molecule has 0 saturated carbocycles. The monoisotopic (exact) mass is 205 g/mol. The lowest BCUT2D eigenvalue weighted by Gasteiger charge is -2.08. The van der Waals surface area contributed by atoms with Gasteiger partial charge in [-0.1, -0.05) is 36.9 Å². The van der Waals surface area contributed by atoms with Crippen molar-refractivity contribution in [3.63, 3.8) is 0 Å². The maximum Gasteiger partial charge on any atom is 0.307 e. The number of carbonyl (C=O) groups is 1. The van der Waals surface area contributed by atoms with E-state index in [1.165, 1.54) is 7.11 Å². The van der Waals surface area contributed by atoms with E-state index in [1.807, 2.05) is 30.3 Å². The zero-order chi connectivity index (χ0) is 11.1. The molecule has 0 aromatic heterocycles. The number of hydrogen-bond acceptors (Lipinski definition) is 3. The molecule has 1 rings (SSSR count). The van der Waals surface area contributed by atoms with E-state index in [2.05, 4.69) is 16.6 Å². The van der Waals surface area contributed by atoms with Crippen molar-refractivity contribution < 1.29 is 9.53 Å². The number of nitrogens with one attached hydrogen (secondary N) is 1. The Morgan fingerprint density at radius 2 is 2.07 bits per heavy atom. The Kier molecular flexibility index (Phi) is 4.41. The second-order valence-electron chi connectivity index (χ2n) is 3.10. The van der Waals surface area contributed by atoms with Crippen molar-refractivity contribution in [1.82, 2.24) is 5.32 Å². The van der Waals surface area contributed by atoms with Gasteiger partial charge in [0.1, 0.15) is 0 Å². The molecule has 0 atom stereocenters. The standard InChI is InChI=1S/C12H15NO2/c1-10(11-6-4-3-5-7-11)13-9-8-12(14)15-2/h3-7,13H,1,8-9H2,2H3. The summed E-state index contributed by atoms with van der Waals surface area (Å²) in [4.78, 5) is 10.8. The van der Waals surface area contributed by atoms with Crippen molar-refractivity contribution in [3.8, 4) is 0 Å². The van der Waals surface area contributed by atoms with Gasteiger partial charge in [-0.2, -0.15) is 0 Å². The maximum absolute atomic E-state index is 10.8. The third kappa shape index (κ3) is 3.85. The molecular weight excluding hydrogens is 190 g/mol. The molecule has 1 N–H and O–H groups in total. The predicted octanol–water partition coefficient (Wildman–Crippen LogP) is 1.81. The summed E-state index contributed by atoms with van der Waals surface area (Å²) >= 11 is 0. The molecule has 80 valence electrons. The van der Waals surface area contributed by atoms with Gasteiger partial charge in [-0.15, -0.1) is 0 Å². The number of carbonyl (C=O) groups excluding carboxylic acids is 1. The van der Waals surface area contributed by atoms with Crippen molar-refractivity contribution in [3.05, 3.63) is 42.5 Å². The highest BCUT2D eigenvalue weighted by atomic mass is 16.5. The summed E-state index contributed by atoms with van der Waals surface area (Å²) in [7, 11) is 1.38. The van der Waals surface area contributed by atoms with E-state index in [4.69, 9.17) is 0 Å². The first-order chi connectivity index (χ1) is 7.24. The molecule has 0 bridgehead atoms. The molecule has 3 heteroatoms. The summed E-state index contributed by atoms with van der Waals surface area (Å²) in [5.41, 5.74) is 1.85. The lowest BCUT2D eigenvalue weighted by molar-refractivity contribution is -0.140. The molecule has 0 radical (unpaired) electrons. The van der Waals surface area contributed by atoms with Gasteiger partial charge in [0.2, 0.25) is 0 Å². The Labute approximate surface area is 89.8 Å². The van der Waals surface area contributed by atoms with Crippen molar-refractivity contribution in [1.29, 1.82) is 0 Å². The van der Waals surface area contributed by atoms with E-state index >= 15 is 0 Å². The van der Waals surface area contributed by atoms with Crippen LogP contribution in [0, 0.1) is 0 Å². The highest BCUT2D eigenvalue weighted by molar-refractivity contribution is 5.70. The minimum atomic E-state index is -0.219. The normalized spacial score (nSPS) is 9.40. The van der Waals surface area contributed by atoms with Crippen LogP contribution in [0.5, 0.6) is 0 Å². The first-order valence-electron chi connectivity index (χ1n) is 4.79. The summed E-state index contributed by atoms with van der Waals surface area (Å²) < 4.78 is 4.53. The third-order valence-corrected chi connectivity index (χ3v) is 2.02. The fraction of sp³-hybridized carbons (Fsp3) is 0.250. The van der Waals surface area contributed by atoms with E-state index in [9.17, 15) is 4.79 Å². The fourth-order valence-corrected chi connectivity index (χ4v) is 1.16. The first kappa shape index (κ1) is 11.3. The van der Waals surface area contributed by atoms with Crippen LogP contribution in [-0.4, -0.2) is 19.6 Å². The Bertz CT molecular complexity index is 333.